The Hall–Kier alpha value is -6.84. The normalized spacial score (nSPS) is 12.8. The van der Waals surface area contributed by atoms with E-state index in [1.54, 1.807) is 0 Å². The number of para-hydroxylation sites is 4. The Morgan fingerprint density at radius 3 is 1.35 bits per heavy atom. The van der Waals surface area contributed by atoms with Gasteiger partial charge in [-0.25, -0.2) is 0 Å². The number of hydrogen-bond donors (Lipinski definition) is 0. The van der Waals surface area contributed by atoms with Gasteiger partial charge in [0.05, 0.1) is 11.0 Å². The zero-order valence-corrected chi connectivity index (χ0v) is 30.4. The molecule has 0 fully saturated rings. The van der Waals surface area contributed by atoms with Crippen LogP contribution in [0.5, 0.6) is 0 Å². The van der Waals surface area contributed by atoms with Gasteiger partial charge in [-0.05, 0) is 125 Å². The molecule has 1 aliphatic rings. The molecule has 0 bridgehead atoms. The van der Waals surface area contributed by atoms with Crippen molar-refractivity contribution < 1.29 is 0 Å². The molecule has 258 valence electrons. The molecule has 0 atom stereocenters. The number of benzene rings is 8. The molecule has 0 amide bonds. The lowest BCUT2D eigenvalue weighted by atomic mass is 9.82. The molecule has 1 aliphatic carbocycles. The first kappa shape index (κ1) is 31.9. The Morgan fingerprint density at radius 2 is 0.796 bits per heavy atom. The van der Waals surface area contributed by atoms with Gasteiger partial charge in [-0.2, -0.15) is 0 Å². The summed E-state index contributed by atoms with van der Waals surface area (Å²) in [4.78, 5) is 4.67. The molecule has 0 aliphatic heterocycles. The molecule has 0 spiro atoms. The maximum atomic E-state index is 2.46. The highest BCUT2D eigenvalue weighted by molar-refractivity contribution is 6.13. The van der Waals surface area contributed by atoms with Crippen LogP contribution < -0.4 is 9.80 Å². The average molecular weight is 694 g/mol. The van der Waals surface area contributed by atoms with E-state index in [2.05, 4.69) is 228 Å². The Bertz CT molecular complexity index is 2690. The molecule has 3 heteroatoms. The average Bonchev–Trinajstić information content (AvgIpc) is 3.66. The molecule has 0 saturated carbocycles. The van der Waals surface area contributed by atoms with Gasteiger partial charge in [-0.3, -0.25) is 0 Å². The maximum absolute atomic E-state index is 2.46. The molecule has 0 radical (unpaired) electrons. The van der Waals surface area contributed by atoms with Gasteiger partial charge in [-0.1, -0.05) is 111 Å². The molecule has 0 N–H and O–H groups in total. The van der Waals surface area contributed by atoms with Crippen molar-refractivity contribution in [3.63, 3.8) is 0 Å². The van der Waals surface area contributed by atoms with Gasteiger partial charge >= 0.3 is 0 Å². The fourth-order valence-corrected chi connectivity index (χ4v) is 8.57. The number of anilines is 6. The predicted octanol–water partition coefficient (Wildman–Crippen LogP) is 14.0. The number of nitrogens with zero attached hydrogens (tertiary/aromatic N) is 3. The van der Waals surface area contributed by atoms with E-state index in [-0.39, 0.29) is 5.41 Å². The molecule has 9 aromatic rings. The highest BCUT2D eigenvalue weighted by atomic mass is 15.1. The van der Waals surface area contributed by atoms with E-state index >= 15 is 0 Å². The van der Waals surface area contributed by atoms with E-state index in [0.29, 0.717) is 0 Å². The van der Waals surface area contributed by atoms with Crippen LogP contribution in [0.25, 0.3) is 38.6 Å². The SMILES string of the molecule is CC1(C)c2ccccc2-c2cc3c4cc(N(c5ccccc5)c5ccccc5)ccc4n(-c4ccc(N(c5ccccc5)c5ccccc5)cc4)c3cc21. The predicted molar refractivity (Wildman–Crippen MR) is 228 cm³/mol. The first-order valence-corrected chi connectivity index (χ1v) is 18.7. The molecule has 54 heavy (non-hydrogen) atoms. The fraction of sp³-hybridized carbons (Fsp3) is 0.0588. The monoisotopic (exact) mass is 693 g/mol. The summed E-state index contributed by atoms with van der Waals surface area (Å²) in [7, 11) is 0. The first-order chi connectivity index (χ1) is 26.6. The van der Waals surface area contributed by atoms with E-state index in [1.807, 2.05) is 0 Å². The lowest BCUT2D eigenvalue weighted by molar-refractivity contribution is 0.661. The highest BCUT2D eigenvalue weighted by Crippen LogP contribution is 2.51. The van der Waals surface area contributed by atoms with Crippen LogP contribution in [0.2, 0.25) is 0 Å². The largest absolute Gasteiger partial charge is 0.311 e. The fourth-order valence-electron chi connectivity index (χ4n) is 8.57. The molecule has 1 aromatic heterocycles. The van der Waals surface area contributed by atoms with Crippen LogP contribution in [0.4, 0.5) is 34.1 Å². The number of hydrogen-bond acceptors (Lipinski definition) is 2. The summed E-state index contributed by atoms with van der Waals surface area (Å²) in [6.07, 6.45) is 0. The van der Waals surface area contributed by atoms with Crippen LogP contribution in [0.1, 0.15) is 25.0 Å². The molecule has 8 aromatic carbocycles. The maximum Gasteiger partial charge on any atom is 0.0544 e. The van der Waals surface area contributed by atoms with Gasteiger partial charge in [0.25, 0.3) is 0 Å². The third-order valence-electron chi connectivity index (χ3n) is 11.1. The smallest absolute Gasteiger partial charge is 0.0544 e. The van der Waals surface area contributed by atoms with Crippen LogP contribution in [0, 0.1) is 0 Å². The molecular formula is C51H39N3. The van der Waals surface area contributed by atoms with Crippen molar-refractivity contribution in [3.8, 4) is 16.8 Å². The third-order valence-corrected chi connectivity index (χ3v) is 11.1. The molecule has 3 nitrogen and oxygen atoms in total. The highest BCUT2D eigenvalue weighted by Gasteiger charge is 2.36. The van der Waals surface area contributed by atoms with E-state index in [1.165, 1.54) is 44.1 Å². The van der Waals surface area contributed by atoms with Crippen LogP contribution in [0.15, 0.2) is 200 Å². The third kappa shape index (κ3) is 5.12. The summed E-state index contributed by atoms with van der Waals surface area (Å²) in [5, 5.41) is 2.47. The van der Waals surface area contributed by atoms with Crippen molar-refractivity contribution in [2.75, 3.05) is 9.80 Å². The van der Waals surface area contributed by atoms with Gasteiger partial charge in [0.15, 0.2) is 0 Å². The zero-order valence-electron chi connectivity index (χ0n) is 30.4. The summed E-state index contributed by atoms with van der Waals surface area (Å²) in [5.41, 5.74) is 15.5. The molecule has 0 unspecified atom stereocenters. The minimum absolute atomic E-state index is 0.111. The Morgan fingerprint density at radius 1 is 0.352 bits per heavy atom. The summed E-state index contributed by atoms with van der Waals surface area (Å²) in [6.45, 7) is 4.73. The van der Waals surface area contributed by atoms with Gasteiger partial charge in [0.1, 0.15) is 0 Å². The summed E-state index contributed by atoms with van der Waals surface area (Å²) >= 11 is 0. The van der Waals surface area contributed by atoms with Crippen LogP contribution in [-0.2, 0) is 5.41 Å². The molecule has 0 saturated heterocycles. The topological polar surface area (TPSA) is 11.4 Å². The number of rotatable bonds is 7. The summed E-state index contributed by atoms with van der Waals surface area (Å²) in [6, 6.07) is 72.4. The van der Waals surface area contributed by atoms with E-state index < -0.39 is 0 Å². The van der Waals surface area contributed by atoms with Crippen LogP contribution in [0.3, 0.4) is 0 Å². The second-order valence-corrected chi connectivity index (χ2v) is 14.7. The Labute approximate surface area is 316 Å². The van der Waals surface area contributed by atoms with Crippen molar-refractivity contribution in [3.05, 3.63) is 211 Å². The van der Waals surface area contributed by atoms with Crippen molar-refractivity contribution in [2.24, 2.45) is 0 Å². The molecule has 1 heterocycles. The van der Waals surface area contributed by atoms with Gasteiger partial charge in [-0.15, -0.1) is 0 Å². The van der Waals surface area contributed by atoms with Crippen molar-refractivity contribution >= 4 is 55.9 Å². The molecular weight excluding hydrogens is 655 g/mol. The van der Waals surface area contributed by atoms with Crippen molar-refractivity contribution in [2.45, 2.75) is 19.3 Å². The van der Waals surface area contributed by atoms with Crippen molar-refractivity contribution in [1.82, 2.24) is 4.57 Å². The summed E-state index contributed by atoms with van der Waals surface area (Å²) in [5.74, 6) is 0. The Kier molecular flexibility index (Phi) is 7.48. The van der Waals surface area contributed by atoms with Gasteiger partial charge in [0.2, 0.25) is 0 Å². The Balaban J connectivity index is 1.19. The zero-order chi connectivity index (χ0) is 36.2. The second-order valence-electron chi connectivity index (χ2n) is 14.7. The lowest BCUT2D eigenvalue weighted by Crippen LogP contribution is -2.15. The molecule has 10 rings (SSSR count). The minimum atomic E-state index is -0.111. The quantitative estimate of drug-likeness (QED) is 0.165. The minimum Gasteiger partial charge on any atom is -0.311 e. The second kappa shape index (κ2) is 12.7. The first-order valence-electron chi connectivity index (χ1n) is 18.7. The van der Waals surface area contributed by atoms with Crippen LogP contribution in [-0.4, -0.2) is 4.57 Å². The van der Waals surface area contributed by atoms with Crippen LogP contribution >= 0.6 is 0 Å². The van der Waals surface area contributed by atoms with E-state index in [9.17, 15) is 0 Å². The van der Waals surface area contributed by atoms with Gasteiger partial charge in [0, 0.05) is 56.0 Å². The summed E-state index contributed by atoms with van der Waals surface area (Å²) < 4.78 is 2.46. The van der Waals surface area contributed by atoms with Gasteiger partial charge < -0.3 is 14.4 Å². The number of fused-ring (bicyclic) bond motifs is 6. The lowest BCUT2D eigenvalue weighted by Gasteiger charge is -2.26. The van der Waals surface area contributed by atoms with Crippen molar-refractivity contribution in [1.29, 1.82) is 0 Å². The standard InChI is InChI=1S/C51H39N3/c1-51(2)47-26-16-15-25-43(47)44-34-46-45-33-42(53(38-21-11-5-12-22-38)39-23-13-6-14-24-39)31-32-49(45)54(50(46)35-48(44)51)41-29-27-40(28-30-41)52(36-17-7-3-8-18-36)37-19-9-4-10-20-37/h3-35H,1-2H3. The number of aromatic nitrogens is 1. The van der Waals surface area contributed by atoms with E-state index in [4.69, 9.17) is 0 Å². The van der Waals surface area contributed by atoms with E-state index in [0.717, 1.165) is 39.8 Å².